The number of carbonyl (C=O) groups is 1. The normalized spacial score (nSPS) is 12.0. The highest BCUT2D eigenvalue weighted by Gasteiger charge is 2.08. The molecule has 0 aliphatic rings. The van der Waals surface area contributed by atoms with Crippen molar-refractivity contribution in [1.29, 1.82) is 0 Å². The number of methoxy groups -OCH3 is 1. The lowest BCUT2D eigenvalue weighted by Crippen LogP contribution is -2.31. The molecule has 1 amide bonds. The van der Waals surface area contributed by atoms with Crippen molar-refractivity contribution in [3.8, 4) is 5.75 Å². The highest BCUT2D eigenvalue weighted by atomic mass is 35.5. The van der Waals surface area contributed by atoms with Crippen LogP contribution in [0.3, 0.4) is 0 Å². The molecular formula is C15H23ClN2O3. The molecule has 1 rings (SSSR count). The van der Waals surface area contributed by atoms with Gasteiger partial charge < -0.3 is 20.5 Å². The Bertz CT molecular complexity index is 455. The topological polar surface area (TPSA) is 73.6 Å². The smallest absolute Gasteiger partial charge is 0.258 e. The second-order valence-electron chi connectivity index (χ2n) is 4.77. The number of amides is 1. The van der Waals surface area contributed by atoms with E-state index in [0.29, 0.717) is 23.9 Å². The number of benzene rings is 1. The van der Waals surface area contributed by atoms with Gasteiger partial charge in [0.05, 0.1) is 11.6 Å². The summed E-state index contributed by atoms with van der Waals surface area (Å²) in [5, 5.41) is 3.16. The average Bonchev–Trinajstić information content (AvgIpc) is 2.46. The molecule has 1 aromatic rings. The van der Waals surface area contributed by atoms with Gasteiger partial charge in [-0.2, -0.15) is 0 Å². The minimum atomic E-state index is -0.208. The predicted octanol–water partition coefficient (Wildman–Crippen LogP) is 1.76. The molecule has 0 fully saturated rings. The molecule has 1 aromatic carbocycles. The van der Waals surface area contributed by atoms with Crippen LogP contribution in [0.2, 0.25) is 5.02 Å². The van der Waals surface area contributed by atoms with Crippen LogP contribution in [0.15, 0.2) is 18.2 Å². The minimum Gasteiger partial charge on any atom is -0.482 e. The van der Waals surface area contributed by atoms with Crippen LogP contribution in [0, 0.1) is 0 Å². The fourth-order valence-corrected chi connectivity index (χ4v) is 1.98. The van der Waals surface area contributed by atoms with Gasteiger partial charge in [0.2, 0.25) is 0 Å². The van der Waals surface area contributed by atoms with E-state index in [1.165, 1.54) is 0 Å². The van der Waals surface area contributed by atoms with E-state index >= 15 is 0 Å². The van der Waals surface area contributed by atoms with Gasteiger partial charge in [0, 0.05) is 19.7 Å². The third-order valence-corrected chi connectivity index (χ3v) is 3.30. The summed E-state index contributed by atoms with van der Waals surface area (Å²) in [6.45, 7) is 2.91. The summed E-state index contributed by atoms with van der Waals surface area (Å²) >= 11 is 6.15. The Morgan fingerprint density at radius 2 is 2.24 bits per heavy atom. The first-order valence-electron chi connectivity index (χ1n) is 6.99. The van der Waals surface area contributed by atoms with E-state index in [0.717, 1.165) is 18.4 Å². The van der Waals surface area contributed by atoms with E-state index in [2.05, 4.69) is 5.32 Å². The fraction of sp³-hybridized carbons (Fsp3) is 0.533. The summed E-state index contributed by atoms with van der Waals surface area (Å²) in [7, 11) is 1.58. The second kappa shape index (κ2) is 9.60. The molecule has 0 saturated heterocycles. The molecule has 1 atom stereocenters. The van der Waals surface area contributed by atoms with E-state index < -0.39 is 0 Å². The van der Waals surface area contributed by atoms with Crippen molar-refractivity contribution in [1.82, 2.24) is 5.32 Å². The molecule has 0 aromatic heterocycles. The van der Waals surface area contributed by atoms with Crippen LogP contribution in [-0.4, -0.2) is 38.8 Å². The quantitative estimate of drug-likeness (QED) is 0.681. The molecule has 0 saturated carbocycles. The number of nitrogens with one attached hydrogen (secondary N) is 1. The van der Waals surface area contributed by atoms with Crippen molar-refractivity contribution in [3.63, 3.8) is 0 Å². The van der Waals surface area contributed by atoms with Crippen LogP contribution in [0.5, 0.6) is 5.75 Å². The number of carbonyl (C=O) groups excluding carboxylic acids is 1. The third-order valence-electron chi connectivity index (χ3n) is 3.01. The highest BCUT2D eigenvalue weighted by molar-refractivity contribution is 6.32. The van der Waals surface area contributed by atoms with Crippen molar-refractivity contribution < 1.29 is 14.3 Å². The van der Waals surface area contributed by atoms with Crippen LogP contribution in [0.4, 0.5) is 0 Å². The average molecular weight is 315 g/mol. The number of halogens is 1. The number of ether oxygens (including phenoxy) is 2. The molecular weight excluding hydrogens is 292 g/mol. The zero-order chi connectivity index (χ0) is 15.7. The molecule has 0 spiro atoms. The van der Waals surface area contributed by atoms with Gasteiger partial charge in [-0.05, 0) is 30.5 Å². The maximum atomic E-state index is 11.5. The standard InChI is InChI=1S/C15H23ClN2O3/c1-3-12(17)8-11-4-5-14(13(16)9-11)21-10-15(19)18-6-7-20-2/h4-5,9,12H,3,6-8,10,17H2,1-2H3,(H,18,19). The maximum absolute atomic E-state index is 11.5. The van der Waals surface area contributed by atoms with E-state index in [4.69, 9.17) is 26.8 Å². The molecule has 1 unspecified atom stereocenters. The summed E-state index contributed by atoms with van der Waals surface area (Å²) in [6.07, 6.45) is 1.69. The summed E-state index contributed by atoms with van der Waals surface area (Å²) in [5.41, 5.74) is 6.97. The number of hydrogen-bond donors (Lipinski definition) is 2. The van der Waals surface area contributed by atoms with Crippen molar-refractivity contribution in [3.05, 3.63) is 28.8 Å². The SMILES string of the molecule is CCC(N)Cc1ccc(OCC(=O)NCCOC)c(Cl)c1. The lowest BCUT2D eigenvalue weighted by Gasteiger charge is -2.12. The van der Waals surface area contributed by atoms with Crippen LogP contribution < -0.4 is 15.8 Å². The van der Waals surface area contributed by atoms with Crippen molar-refractivity contribution >= 4 is 17.5 Å². The fourth-order valence-electron chi connectivity index (χ4n) is 1.72. The Morgan fingerprint density at radius 1 is 1.48 bits per heavy atom. The number of hydrogen-bond acceptors (Lipinski definition) is 4. The van der Waals surface area contributed by atoms with Gasteiger partial charge in [-0.25, -0.2) is 0 Å². The minimum absolute atomic E-state index is 0.0722. The van der Waals surface area contributed by atoms with Crippen LogP contribution in [-0.2, 0) is 16.0 Å². The van der Waals surface area contributed by atoms with Gasteiger partial charge in [0.15, 0.2) is 6.61 Å². The molecule has 118 valence electrons. The largest absolute Gasteiger partial charge is 0.482 e. The van der Waals surface area contributed by atoms with E-state index in [9.17, 15) is 4.79 Å². The number of rotatable bonds is 9. The lowest BCUT2D eigenvalue weighted by atomic mass is 10.0. The van der Waals surface area contributed by atoms with Crippen LogP contribution in [0.25, 0.3) is 0 Å². The van der Waals surface area contributed by atoms with Crippen molar-refractivity contribution in [2.24, 2.45) is 5.73 Å². The number of nitrogens with two attached hydrogens (primary N) is 1. The van der Waals surface area contributed by atoms with Gasteiger partial charge in [-0.3, -0.25) is 4.79 Å². The van der Waals surface area contributed by atoms with Crippen LogP contribution in [0.1, 0.15) is 18.9 Å². The summed E-state index contributed by atoms with van der Waals surface area (Å²) < 4.78 is 10.2. The monoisotopic (exact) mass is 314 g/mol. The molecule has 0 aliphatic carbocycles. The lowest BCUT2D eigenvalue weighted by molar-refractivity contribution is -0.123. The van der Waals surface area contributed by atoms with Crippen LogP contribution >= 0.6 is 11.6 Å². The Hall–Kier alpha value is -1.30. The zero-order valence-electron chi connectivity index (χ0n) is 12.5. The third kappa shape index (κ3) is 6.80. The molecule has 6 heteroatoms. The first kappa shape index (κ1) is 17.8. The summed E-state index contributed by atoms with van der Waals surface area (Å²) in [6, 6.07) is 5.64. The molecule has 0 aliphatic heterocycles. The van der Waals surface area contributed by atoms with Gasteiger partial charge in [-0.1, -0.05) is 24.6 Å². The zero-order valence-corrected chi connectivity index (χ0v) is 13.3. The molecule has 0 heterocycles. The summed E-state index contributed by atoms with van der Waals surface area (Å²) in [4.78, 5) is 11.5. The van der Waals surface area contributed by atoms with Crippen molar-refractivity contribution in [2.45, 2.75) is 25.8 Å². The van der Waals surface area contributed by atoms with Gasteiger partial charge in [0.1, 0.15) is 5.75 Å². The van der Waals surface area contributed by atoms with Gasteiger partial charge >= 0.3 is 0 Å². The maximum Gasteiger partial charge on any atom is 0.258 e. The Labute approximate surface area is 130 Å². The van der Waals surface area contributed by atoms with Crippen molar-refractivity contribution in [2.75, 3.05) is 26.9 Å². The molecule has 3 N–H and O–H groups in total. The molecule has 5 nitrogen and oxygen atoms in total. The van der Waals surface area contributed by atoms with E-state index in [1.807, 2.05) is 19.1 Å². The Morgan fingerprint density at radius 3 is 2.86 bits per heavy atom. The van der Waals surface area contributed by atoms with E-state index in [1.54, 1.807) is 13.2 Å². The van der Waals surface area contributed by atoms with Gasteiger partial charge in [0.25, 0.3) is 5.91 Å². The first-order valence-corrected chi connectivity index (χ1v) is 7.37. The molecule has 0 bridgehead atoms. The predicted molar refractivity (Wildman–Crippen MR) is 83.8 cm³/mol. The molecule has 21 heavy (non-hydrogen) atoms. The first-order chi connectivity index (χ1) is 10.1. The molecule has 0 radical (unpaired) electrons. The highest BCUT2D eigenvalue weighted by Crippen LogP contribution is 2.26. The van der Waals surface area contributed by atoms with E-state index in [-0.39, 0.29) is 18.6 Å². The Kier molecular flexibility index (Phi) is 8.12. The van der Waals surface area contributed by atoms with Gasteiger partial charge in [-0.15, -0.1) is 0 Å². The summed E-state index contributed by atoms with van der Waals surface area (Å²) in [5.74, 6) is 0.285. The second-order valence-corrected chi connectivity index (χ2v) is 5.18. The Balaban J connectivity index is 2.47.